The van der Waals surface area contributed by atoms with E-state index in [1.807, 2.05) is 84.1 Å². The van der Waals surface area contributed by atoms with Gasteiger partial charge in [0.25, 0.3) is 5.56 Å². The van der Waals surface area contributed by atoms with Gasteiger partial charge in [-0.15, -0.1) is 10.2 Å². The molecule has 0 aliphatic rings. The lowest BCUT2D eigenvalue weighted by Crippen LogP contribution is -2.27. The molecular weight excluding hydrogens is 446 g/mol. The summed E-state index contributed by atoms with van der Waals surface area (Å²) in [5, 5.41) is 9.86. The third kappa shape index (κ3) is 3.97. The fourth-order valence-electron chi connectivity index (χ4n) is 3.99. The Morgan fingerprint density at radius 2 is 1.65 bits per heavy atom. The Bertz CT molecular complexity index is 1560. The Balaban J connectivity index is 1.53. The number of thioether (sulfide) groups is 1. The number of para-hydroxylation sites is 2. The van der Waals surface area contributed by atoms with Crippen LogP contribution in [0.3, 0.4) is 0 Å². The molecule has 0 atom stereocenters. The number of nitrogens with zero attached hydrogens (tertiary/aromatic N) is 5. The molecule has 2 aromatic heterocycles. The highest BCUT2D eigenvalue weighted by Gasteiger charge is 2.20. The van der Waals surface area contributed by atoms with E-state index >= 15 is 0 Å². The van der Waals surface area contributed by atoms with Crippen LogP contribution in [0.1, 0.15) is 11.1 Å². The minimum atomic E-state index is -0.153. The molecule has 34 heavy (non-hydrogen) atoms. The van der Waals surface area contributed by atoms with Crippen molar-refractivity contribution in [3.8, 4) is 5.69 Å². The maximum absolute atomic E-state index is 13.4. The van der Waals surface area contributed by atoms with Crippen LogP contribution in [0.2, 0.25) is 0 Å². The van der Waals surface area contributed by atoms with Gasteiger partial charge in [-0.05, 0) is 36.2 Å². The molecule has 5 aromatic rings. The van der Waals surface area contributed by atoms with E-state index in [9.17, 15) is 9.59 Å². The highest BCUT2D eigenvalue weighted by atomic mass is 32.2. The summed E-state index contributed by atoms with van der Waals surface area (Å²) in [5.74, 6) is 0.620. The number of hydrogen-bond donors (Lipinski definition) is 0. The van der Waals surface area contributed by atoms with Crippen molar-refractivity contribution in [2.75, 3.05) is 12.8 Å². The molecule has 7 nitrogen and oxygen atoms in total. The van der Waals surface area contributed by atoms with Crippen molar-refractivity contribution in [1.29, 1.82) is 0 Å². The summed E-state index contributed by atoms with van der Waals surface area (Å²) in [6.07, 6.45) is 0. The van der Waals surface area contributed by atoms with E-state index in [1.54, 1.807) is 22.6 Å². The van der Waals surface area contributed by atoms with Gasteiger partial charge < -0.3 is 4.90 Å². The van der Waals surface area contributed by atoms with Gasteiger partial charge in [-0.2, -0.15) is 0 Å². The predicted octanol–water partition coefficient (Wildman–Crippen LogP) is 4.09. The lowest BCUT2D eigenvalue weighted by atomic mass is 10.2. The summed E-state index contributed by atoms with van der Waals surface area (Å²) in [6.45, 7) is 2.50. The maximum Gasteiger partial charge on any atom is 0.267 e. The van der Waals surface area contributed by atoms with Crippen LogP contribution in [0, 0.1) is 6.92 Å². The summed E-state index contributed by atoms with van der Waals surface area (Å²) in [5.41, 5.74) is 3.34. The fourth-order valence-corrected chi connectivity index (χ4v) is 4.87. The number of amides is 1. The zero-order chi connectivity index (χ0) is 23.7. The van der Waals surface area contributed by atoms with Gasteiger partial charge in [-0.1, -0.05) is 72.4 Å². The number of benzene rings is 3. The zero-order valence-corrected chi connectivity index (χ0v) is 19.7. The first kappa shape index (κ1) is 21.9. The van der Waals surface area contributed by atoms with Crippen LogP contribution in [0.15, 0.2) is 88.8 Å². The number of carbonyl (C=O) groups excluding carboxylic acids is 1. The predicted molar refractivity (Wildman–Crippen MR) is 134 cm³/mol. The van der Waals surface area contributed by atoms with Crippen molar-refractivity contribution in [2.24, 2.45) is 0 Å². The third-order valence-corrected chi connectivity index (χ3v) is 6.68. The van der Waals surface area contributed by atoms with E-state index < -0.39 is 0 Å². The molecule has 1 amide bonds. The molecule has 0 aliphatic heterocycles. The SMILES string of the molecule is Cc1ccccc1-n1c(=O)c2ccccc2n2c(SCC(=O)N(C)Cc3ccccc3)nnc12. The molecule has 170 valence electrons. The lowest BCUT2D eigenvalue weighted by molar-refractivity contribution is -0.127. The molecule has 0 spiro atoms. The van der Waals surface area contributed by atoms with Crippen LogP contribution in [0.4, 0.5) is 0 Å². The monoisotopic (exact) mass is 469 g/mol. The smallest absolute Gasteiger partial charge is 0.267 e. The standard InChI is InChI=1S/C26H23N5O2S/c1-18-10-6-8-14-21(18)30-24(33)20-13-7-9-15-22(20)31-25(30)27-28-26(31)34-17-23(32)29(2)16-19-11-4-3-5-12-19/h3-15H,16-17H2,1-2H3. The average molecular weight is 470 g/mol. The molecule has 0 unspecified atom stereocenters. The summed E-state index contributed by atoms with van der Waals surface area (Å²) in [4.78, 5) is 28.0. The number of rotatable bonds is 6. The van der Waals surface area contributed by atoms with Crippen LogP contribution in [-0.2, 0) is 11.3 Å². The van der Waals surface area contributed by atoms with Crippen molar-refractivity contribution in [3.63, 3.8) is 0 Å². The number of aryl methyl sites for hydroxylation is 1. The lowest BCUT2D eigenvalue weighted by Gasteiger charge is -2.17. The highest BCUT2D eigenvalue weighted by Crippen LogP contribution is 2.24. The number of carbonyl (C=O) groups is 1. The van der Waals surface area contributed by atoms with Gasteiger partial charge in [-0.3, -0.25) is 14.0 Å². The summed E-state index contributed by atoms with van der Waals surface area (Å²) < 4.78 is 3.45. The topological polar surface area (TPSA) is 72.5 Å². The van der Waals surface area contributed by atoms with E-state index in [4.69, 9.17) is 0 Å². The largest absolute Gasteiger partial charge is 0.341 e. The second-order valence-corrected chi connectivity index (χ2v) is 9.03. The van der Waals surface area contributed by atoms with Gasteiger partial charge in [0.1, 0.15) is 0 Å². The van der Waals surface area contributed by atoms with Gasteiger partial charge in [0.05, 0.1) is 22.3 Å². The molecule has 2 heterocycles. The molecule has 3 aromatic carbocycles. The Hall–Kier alpha value is -3.91. The van der Waals surface area contributed by atoms with Gasteiger partial charge in [0.2, 0.25) is 11.7 Å². The molecule has 0 N–H and O–H groups in total. The van der Waals surface area contributed by atoms with Crippen molar-refractivity contribution in [2.45, 2.75) is 18.6 Å². The summed E-state index contributed by atoms with van der Waals surface area (Å²) >= 11 is 1.32. The minimum absolute atomic E-state index is 0.0119. The quantitative estimate of drug-likeness (QED) is 0.350. The minimum Gasteiger partial charge on any atom is -0.341 e. The van der Waals surface area contributed by atoms with E-state index in [-0.39, 0.29) is 17.2 Å². The van der Waals surface area contributed by atoms with Crippen LogP contribution in [0.5, 0.6) is 0 Å². The second kappa shape index (κ2) is 9.15. The fraction of sp³-hybridized carbons (Fsp3) is 0.154. The Morgan fingerprint density at radius 3 is 2.44 bits per heavy atom. The van der Waals surface area contributed by atoms with Crippen molar-refractivity contribution in [1.82, 2.24) is 24.1 Å². The molecule has 0 aliphatic carbocycles. The maximum atomic E-state index is 13.4. The van der Waals surface area contributed by atoms with Crippen LogP contribution >= 0.6 is 11.8 Å². The Labute approximate surface area is 200 Å². The number of fused-ring (bicyclic) bond motifs is 3. The molecule has 0 saturated carbocycles. The third-order valence-electron chi connectivity index (χ3n) is 5.76. The van der Waals surface area contributed by atoms with Crippen LogP contribution < -0.4 is 5.56 Å². The number of aromatic nitrogens is 4. The molecular formula is C26H23N5O2S. The van der Waals surface area contributed by atoms with E-state index in [0.29, 0.717) is 28.4 Å². The molecule has 5 rings (SSSR count). The Morgan fingerprint density at radius 1 is 0.941 bits per heavy atom. The summed E-state index contributed by atoms with van der Waals surface area (Å²) in [7, 11) is 1.79. The second-order valence-electron chi connectivity index (χ2n) is 8.09. The average Bonchev–Trinajstić information content (AvgIpc) is 3.28. The first-order valence-electron chi connectivity index (χ1n) is 10.9. The normalized spacial score (nSPS) is 11.2. The Kier molecular flexibility index (Phi) is 5.90. The van der Waals surface area contributed by atoms with Gasteiger partial charge in [-0.25, -0.2) is 4.57 Å². The van der Waals surface area contributed by atoms with E-state index in [1.165, 1.54) is 11.8 Å². The summed E-state index contributed by atoms with van der Waals surface area (Å²) in [6, 6.07) is 25.0. The zero-order valence-electron chi connectivity index (χ0n) is 18.9. The van der Waals surface area contributed by atoms with Gasteiger partial charge >= 0.3 is 0 Å². The van der Waals surface area contributed by atoms with Gasteiger partial charge in [0.15, 0.2) is 5.16 Å². The van der Waals surface area contributed by atoms with Crippen molar-refractivity contribution < 1.29 is 4.79 Å². The number of hydrogen-bond acceptors (Lipinski definition) is 5. The first-order chi connectivity index (χ1) is 16.5. The molecule has 0 bridgehead atoms. The van der Waals surface area contributed by atoms with E-state index in [0.717, 1.165) is 16.8 Å². The molecule has 0 fully saturated rings. The van der Waals surface area contributed by atoms with Crippen LogP contribution in [-0.4, -0.2) is 42.8 Å². The molecule has 0 radical (unpaired) electrons. The van der Waals surface area contributed by atoms with Crippen molar-refractivity contribution >= 4 is 34.3 Å². The first-order valence-corrected chi connectivity index (χ1v) is 11.9. The highest BCUT2D eigenvalue weighted by molar-refractivity contribution is 7.99. The van der Waals surface area contributed by atoms with Crippen LogP contribution in [0.25, 0.3) is 22.4 Å². The van der Waals surface area contributed by atoms with E-state index in [2.05, 4.69) is 10.2 Å². The van der Waals surface area contributed by atoms with Crippen molar-refractivity contribution in [3.05, 3.63) is 100 Å². The molecule has 8 heteroatoms. The molecule has 0 saturated heterocycles. The van der Waals surface area contributed by atoms with Gasteiger partial charge in [0, 0.05) is 13.6 Å².